The van der Waals surface area contributed by atoms with Crippen molar-refractivity contribution in [2.24, 2.45) is 0 Å². The molecule has 0 radical (unpaired) electrons. The third-order valence-electron chi connectivity index (χ3n) is 0.239. The summed E-state index contributed by atoms with van der Waals surface area (Å²) in [6.07, 6.45) is 0. The molecule has 0 spiro atoms. The SMILES string of the molecule is C[CH2][Bi]([Cl])[Cl]. The second-order valence-electron chi connectivity index (χ2n) is 0.619. The van der Waals surface area contributed by atoms with Crippen molar-refractivity contribution in [1.82, 2.24) is 0 Å². The average molecular weight is 309 g/mol. The van der Waals surface area contributed by atoms with Gasteiger partial charge in [-0.3, -0.25) is 0 Å². The summed E-state index contributed by atoms with van der Waals surface area (Å²) in [7, 11) is 10.9. The van der Waals surface area contributed by atoms with E-state index < -0.39 is 19.4 Å². The summed E-state index contributed by atoms with van der Waals surface area (Å²) < 4.78 is 1.04. The van der Waals surface area contributed by atoms with Crippen LogP contribution >= 0.6 is 17.0 Å². The molecular formula is C2H5BiCl2. The summed E-state index contributed by atoms with van der Waals surface area (Å²) in [5.41, 5.74) is 0. The second kappa shape index (κ2) is 3.65. The molecule has 0 aliphatic heterocycles. The Hall–Kier alpha value is 1.46. The molecule has 0 saturated heterocycles. The third kappa shape index (κ3) is 5.46. The molecule has 0 aliphatic carbocycles. The molecule has 0 aromatic rings. The van der Waals surface area contributed by atoms with Gasteiger partial charge in [-0.05, 0) is 0 Å². The molecule has 3 heteroatoms. The van der Waals surface area contributed by atoms with E-state index in [4.69, 9.17) is 17.0 Å². The predicted octanol–water partition coefficient (Wildman–Crippen LogP) is 1.97. The van der Waals surface area contributed by atoms with E-state index >= 15 is 0 Å². The van der Waals surface area contributed by atoms with Crippen LogP contribution in [0, 0.1) is 0 Å². The van der Waals surface area contributed by atoms with Gasteiger partial charge >= 0.3 is 47.4 Å². The molecule has 0 bridgehead atoms. The van der Waals surface area contributed by atoms with Crippen molar-refractivity contribution in [2.75, 3.05) is 0 Å². The zero-order valence-corrected chi connectivity index (χ0v) is 7.90. The van der Waals surface area contributed by atoms with E-state index in [1.165, 1.54) is 0 Å². The fourth-order valence-electron chi connectivity index (χ4n) is 0. The zero-order chi connectivity index (χ0) is 4.28. The molecule has 0 fully saturated rings. The van der Waals surface area contributed by atoms with E-state index in [9.17, 15) is 0 Å². The van der Waals surface area contributed by atoms with Crippen LogP contribution in [0.3, 0.4) is 0 Å². The Morgan fingerprint density at radius 1 is 1.60 bits per heavy atom. The van der Waals surface area contributed by atoms with Crippen LogP contribution in [0.5, 0.6) is 0 Å². The minimum atomic E-state index is -1.69. The Labute approximate surface area is 47.2 Å². The van der Waals surface area contributed by atoms with Crippen molar-refractivity contribution >= 4 is 36.4 Å². The maximum atomic E-state index is 5.43. The molecule has 0 N–H and O–H groups in total. The van der Waals surface area contributed by atoms with Gasteiger partial charge in [0.1, 0.15) is 0 Å². The van der Waals surface area contributed by atoms with Gasteiger partial charge in [-0.15, -0.1) is 0 Å². The van der Waals surface area contributed by atoms with Crippen molar-refractivity contribution in [3.8, 4) is 0 Å². The van der Waals surface area contributed by atoms with Gasteiger partial charge in [0, 0.05) is 0 Å². The summed E-state index contributed by atoms with van der Waals surface area (Å²) >= 11 is -1.69. The molecule has 0 aromatic heterocycles. The summed E-state index contributed by atoms with van der Waals surface area (Å²) in [6.45, 7) is 2.03. The fourth-order valence-corrected chi connectivity index (χ4v) is 0. The van der Waals surface area contributed by atoms with Crippen molar-refractivity contribution in [1.29, 1.82) is 0 Å². The van der Waals surface area contributed by atoms with Crippen molar-refractivity contribution in [3.05, 3.63) is 0 Å². The first kappa shape index (κ1) is 6.46. The van der Waals surface area contributed by atoms with E-state index in [0.717, 1.165) is 4.13 Å². The summed E-state index contributed by atoms with van der Waals surface area (Å²) in [4.78, 5) is 0. The van der Waals surface area contributed by atoms with Crippen LogP contribution in [0.2, 0.25) is 4.13 Å². The molecule has 0 rings (SSSR count). The summed E-state index contributed by atoms with van der Waals surface area (Å²) in [6, 6.07) is 0. The fraction of sp³-hybridized carbons (Fsp3) is 1.00. The summed E-state index contributed by atoms with van der Waals surface area (Å²) in [5, 5.41) is 0. The van der Waals surface area contributed by atoms with Gasteiger partial charge in [-0.25, -0.2) is 0 Å². The van der Waals surface area contributed by atoms with Crippen LogP contribution < -0.4 is 0 Å². The van der Waals surface area contributed by atoms with E-state index in [1.54, 1.807) is 0 Å². The van der Waals surface area contributed by atoms with Gasteiger partial charge in [0.2, 0.25) is 0 Å². The van der Waals surface area contributed by atoms with Crippen molar-refractivity contribution < 1.29 is 0 Å². The second-order valence-corrected chi connectivity index (χ2v) is 14.1. The molecular weight excluding hydrogens is 304 g/mol. The standard InChI is InChI=1S/C2H5.Bi.2ClH/c1-2;;;/h1H2,2H3;;2*1H/q;+2;;/p-2. The average Bonchev–Trinajstić information content (AvgIpc) is 1.38. The van der Waals surface area contributed by atoms with Crippen LogP contribution in [0.15, 0.2) is 0 Å². The number of rotatable bonds is 1. The molecule has 0 unspecified atom stereocenters. The van der Waals surface area contributed by atoms with E-state index in [1.807, 2.05) is 6.92 Å². The monoisotopic (exact) mass is 308 g/mol. The quantitative estimate of drug-likeness (QED) is 0.650. The number of halogens is 2. The van der Waals surface area contributed by atoms with E-state index in [-0.39, 0.29) is 0 Å². The first-order valence-electron chi connectivity index (χ1n) is 1.36. The van der Waals surface area contributed by atoms with Crippen molar-refractivity contribution in [2.45, 2.75) is 11.1 Å². The van der Waals surface area contributed by atoms with Gasteiger partial charge in [0.25, 0.3) is 0 Å². The molecule has 32 valence electrons. The Morgan fingerprint density at radius 2 is 1.80 bits per heavy atom. The molecule has 0 nitrogen and oxygen atoms in total. The number of hydrogen-bond donors (Lipinski definition) is 0. The third-order valence-corrected chi connectivity index (χ3v) is 6.29. The Morgan fingerprint density at radius 3 is 1.80 bits per heavy atom. The Kier molecular flexibility index (Phi) is 4.71. The first-order chi connectivity index (χ1) is 2.27. The van der Waals surface area contributed by atoms with E-state index in [2.05, 4.69) is 0 Å². The van der Waals surface area contributed by atoms with Gasteiger partial charge in [0.15, 0.2) is 0 Å². The Bertz CT molecular complexity index is 21.6. The normalized spacial score (nSPS) is 9.60. The molecule has 0 aromatic carbocycles. The van der Waals surface area contributed by atoms with Crippen LogP contribution in [0.4, 0.5) is 0 Å². The van der Waals surface area contributed by atoms with Gasteiger partial charge in [-0.2, -0.15) is 0 Å². The topological polar surface area (TPSA) is 0 Å². The van der Waals surface area contributed by atoms with Crippen LogP contribution in [0.25, 0.3) is 0 Å². The molecule has 5 heavy (non-hydrogen) atoms. The Balaban J connectivity index is 2.54. The number of hydrogen-bond acceptors (Lipinski definition) is 0. The molecule has 0 saturated carbocycles. The van der Waals surface area contributed by atoms with E-state index in [0.29, 0.717) is 0 Å². The molecule has 0 atom stereocenters. The predicted molar refractivity (Wildman–Crippen MR) is 27.9 cm³/mol. The van der Waals surface area contributed by atoms with Crippen LogP contribution in [-0.4, -0.2) is 19.4 Å². The molecule has 0 amide bonds. The van der Waals surface area contributed by atoms with Crippen molar-refractivity contribution in [3.63, 3.8) is 0 Å². The zero-order valence-electron chi connectivity index (χ0n) is 2.91. The van der Waals surface area contributed by atoms with Crippen LogP contribution in [-0.2, 0) is 0 Å². The van der Waals surface area contributed by atoms with Crippen LogP contribution in [0.1, 0.15) is 6.92 Å². The molecule has 0 heterocycles. The molecule has 0 aliphatic rings. The minimum absolute atomic E-state index is 1.04. The summed E-state index contributed by atoms with van der Waals surface area (Å²) in [5.74, 6) is 0. The maximum absolute atomic E-state index is 5.43. The first-order valence-corrected chi connectivity index (χ1v) is 12.4. The van der Waals surface area contributed by atoms with Gasteiger partial charge in [-0.1, -0.05) is 0 Å². The van der Waals surface area contributed by atoms with Gasteiger partial charge < -0.3 is 0 Å². The van der Waals surface area contributed by atoms with Gasteiger partial charge in [0.05, 0.1) is 0 Å².